The van der Waals surface area contributed by atoms with Crippen LogP contribution in [0.2, 0.25) is 0 Å². The predicted molar refractivity (Wildman–Crippen MR) is 108 cm³/mol. The Labute approximate surface area is 160 Å². The number of para-hydroxylation sites is 2. The van der Waals surface area contributed by atoms with Crippen molar-refractivity contribution in [2.45, 2.75) is 19.4 Å². The Kier molecular flexibility index (Phi) is 5.70. The first-order valence-corrected chi connectivity index (χ1v) is 9.80. The number of hydrogen-bond acceptors (Lipinski definition) is 4. The van der Waals surface area contributed by atoms with Gasteiger partial charge in [-0.05, 0) is 29.7 Å². The number of benzene rings is 2. The van der Waals surface area contributed by atoms with Crippen LogP contribution in [-0.4, -0.2) is 50.2 Å². The molecule has 142 valence electrons. The first kappa shape index (κ1) is 18.0. The number of amides is 1. The molecule has 1 fully saturated rings. The molecule has 4 rings (SSSR count). The molecule has 1 saturated heterocycles. The van der Waals surface area contributed by atoms with Gasteiger partial charge in [0.2, 0.25) is 5.91 Å². The van der Waals surface area contributed by atoms with Crippen LogP contribution in [-0.2, 0) is 22.5 Å². The standard InChI is InChI=1S/C22H27N3O2/c26-22(10-12-24-11-9-18-5-1-2-6-19(18)17-24)23-20-7-3-4-8-21(20)25-13-15-27-16-14-25/h1-8H,9-17H2,(H,23,26). The Bertz CT molecular complexity index is 787. The molecule has 0 bridgehead atoms. The molecule has 2 aromatic rings. The molecule has 5 heteroatoms. The first-order chi connectivity index (χ1) is 13.3. The molecule has 1 N–H and O–H groups in total. The Hall–Kier alpha value is -2.37. The molecule has 2 aliphatic heterocycles. The van der Waals surface area contributed by atoms with E-state index in [0.717, 1.165) is 63.7 Å². The normalized spacial score (nSPS) is 17.4. The van der Waals surface area contributed by atoms with Gasteiger partial charge in [0, 0.05) is 39.1 Å². The summed E-state index contributed by atoms with van der Waals surface area (Å²) in [4.78, 5) is 17.2. The van der Waals surface area contributed by atoms with E-state index in [1.165, 1.54) is 11.1 Å². The van der Waals surface area contributed by atoms with Gasteiger partial charge in [-0.15, -0.1) is 0 Å². The van der Waals surface area contributed by atoms with Crippen molar-refractivity contribution in [3.05, 3.63) is 59.7 Å². The number of carbonyl (C=O) groups is 1. The van der Waals surface area contributed by atoms with Gasteiger partial charge in [-0.1, -0.05) is 36.4 Å². The van der Waals surface area contributed by atoms with Crippen molar-refractivity contribution >= 4 is 17.3 Å². The van der Waals surface area contributed by atoms with Crippen LogP contribution in [0.15, 0.2) is 48.5 Å². The minimum Gasteiger partial charge on any atom is -0.378 e. The van der Waals surface area contributed by atoms with E-state index in [2.05, 4.69) is 45.4 Å². The number of fused-ring (bicyclic) bond motifs is 1. The number of ether oxygens (including phenoxy) is 1. The third kappa shape index (κ3) is 4.49. The lowest BCUT2D eigenvalue weighted by atomic mass is 10.00. The second-order valence-electron chi connectivity index (χ2n) is 7.21. The highest BCUT2D eigenvalue weighted by molar-refractivity contribution is 5.94. The van der Waals surface area contributed by atoms with E-state index in [0.29, 0.717) is 6.42 Å². The average Bonchev–Trinajstić information content (AvgIpc) is 2.73. The zero-order valence-electron chi connectivity index (χ0n) is 15.7. The van der Waals surface area contributed by atoms with Crippen LogP contribution < -0.4 is 10.2 Å². The molecule has 27 heavy (non-hydrogen) atoms. The highest BCUT2D eigenvalue weighted by atomic mass is 16.5. The van der Waals surface area contributed by atoms with Crippen molar-refractivity contribution in [1.29, 1.82) is 0 Å². The van der Waals surface area contributed by atoms with Crippen LogP contribution in [0.3, 0.4) is 0 Å². The van der Waals surface area contributed by atoms with E-state index in [-0.39, 0.29) is 5.91 Å². The summed E-state index contributed by atoms with van der Waals surface area (Å²) in [6, 6.07) is 16.7. The van der Waals surface area contributed by atoms with E-state index >= 15 is 0 Å². The summed E-state index contributed by atoms with van der Waals surface area (Å²) < 4.78 is 5.44. The van der Waals surface area contributed by atoms with Gasteiger partial charge in [0.15, 0.2) is 0 Å². The molecule has 0 saturated carbocycles. The number of hydrogen-bond donors (Lipinski definition) is 1. The van der Waals surface area contributed by atoms with Crippen molar-refractivity contribution in [2.75, 3.05) is 49.6 Å². The number of carbonyl (C=O) groups excluding carboxylic acids is 1. The van der Waals surface area contributed by atoms with Crippen LogP contribution in [0.1, 0.15) is 17.5 Å². The number of anilines is 2. The summed E-state index contributed by atoms with van der Waals surface area (Å²) >= 11 is 0. The van der Waals surface area contributed by atoms with Crippen molar-refractivity contribution in [3.63, 3.8) is 0 Å². The molecule has 2 aromatic carbocycles. The summed E-state index contributed by atoms with van der Waals surface area (Å²) in [6.45, 7) is 5.94. The second-order valence-corrected chi connectivity index (χ2v) is 7.21. The molecule has 2 heterocycles. The zero-order valence-corrected chi connectivity index (χ0v) is 15.7. The molecular formula is C22H27N3O2. The maximum atomic E-state index is 12.6. The highest BCUT2D eigenvalue weighted by Crippen LogP contribution is 2.26. The minimum absolute atomic E-state index is 0.0783. The Balaban J connectivity index is 1.32. The largest absolute Gasteiger partial charge is 0.378 e. The van der Waals surface area contributed by atoms with E-state index in [9.17, 15) is 4.79 Å². The molecular weight excluding hydrogens is 338 g/mol. The number of nitrogens with zero attached hydrogens (tertiary/aromatic N) is 2. The Morgan fingerprint density at radius 2 is 1.70 bits per heavy atom. The molecule has 0 unspecified atom stereocenters. The number of nitrogens with one attached hydrogen (secondary N) is 1. The van der Waals surface area contributed by atoms with Crippen molar-refractivity contribution < 1.29 is 9.53 Å². The Morgan fingerprint density at radius 3 is 2.56 bits per heavy atom. The summed E-state index contributed by atoms with van der Waals surface area (Å²) in [5, 5.41) is 3.12. The van der Waals surface area contributed by atoms with Gasteiger partial charge in [0.1, 0.15) is 0 Å². The van der Waals surface area contributed by atoms with Gasteiger partial charge >= 0.3 is 0 Å². The van der Waals surface area contributed by atoms with Crippen LogP contribution in [0.5, 0.6) is 0 Å². The fourth-order valence-electron chi connectivity index (χ4n) is 3.88. The summed E-state index contributed by atoms with van der Waals surface area (Å²) in [5.74, 6) is 0.0783. The van der Waals surface area contributed by atoms with Crippen LogP contribution in [0.25, 0.3) is 0 Å². The lowest BCUT2D eigenvalue weighted by Gasteiger charge is -2.31. The third-order valence-electron chi connectivity index (χ3n) is 5.39. The van der Waals surface area contributed by atoms with Crippen molar-refractivity contribution in [3.8, 4) is 0 Å². The zero-order chi connectivity index (χ0) is 18.5. The topological polar surface area (TPSA) is 44.8 Å². The Morgan fingerprint density at radius 1 is 0.963 bits per heavy atom. The molecule has 0 radical (unpaired) electrons. The molecule has 1 amide bonds. The molecule has 5 nitrogen and oxygen atoms in total. The van der Waals surface area contributed by atoms with E-state index in [1.54, 1.807) is 0 Å². The van der Waals surface area contributed by atoms with Gasteiger partial charge in [-0.25, -0.2) is 0 Å². The minimum atomic E-state index is 0.0783. The van der Waals surface area contributed by atoms with Crippen LogP contribution in [0.4, 0.5) is 11.4 Å². The van der Waals surface area contributed by atoms with Gasteiger partial charge in [-0.2, -0.15) is 0 Å². The fraction of sp³-hybridized carbons (Fsp3) is 0.409. The molecule has 0 aliphatic carbocycles. The molecule has 0 atom stereocenters. The number of rotatable bonds is 5. The first-order valence-electron chi connectivity index (χ1n) is 9.80. The van der Waals surface area contributed by atoms with Gasteiger partial charge in [0.05, 0.1) is 24.6 Å². The SMILES string of the molecule is O=C(CCN1CCc2ccccc2C1)Nc1ccccc1N1CCOCC1. The number of morpholine rings is 1. The smallest absolute Gasteiger partial charge is 0.225 e. The second kappa shape index (κ2) is 8.55. The fourth-order valence-corrected chi connectivity index (χ4v) is 3.88. The summed E-state index contributed by atoms with van der Waals surface area (Å²) in [7, 11) is 0. The monoisotopic (exact) mass is 365 g/mol. The van der Waals surface area contributed by atoms with Crippen molar-refractivity contribution in [1.82, 2.24) is 4.90 Å². The van der Waals surface area contributed by atoms with Gasteiger partial charge in [-0.3, -0.25) is 9.69 Å². The summed E-state index contributed by atoms with van der Waals surface area (Å²) in [5.41, 5.74) is 4.81. The third-order valence-corrected chi connectivity index (χ3v) is 5.39. The summed E-state index contributed by atoms with van der Waals surface area (Å²) in [6.07, 6.45) is 1.58. The lowest BCUT2D eigenvalue weighted by molar-refractivity contribution is -0.116. The van der Waals surface area contributed by atoms with Gasteiger partial charge < -0.3 is 15.0 Å². The van der Waals surface area contributed by atoms with E-state index in [1.807, 2.05) is 18.2 Å². The molecule has 2 aliphatic rings. The molecule has 0 spiro atoms. The molecule has 0 aromatic heterocycles. The van der Waals surface area contributed by atoms with Crippen molar-refractivity contribution in [2.24, 2.45) is 0 Å². The highest BCUT2D eigenvalue weighted by Gasteiger charge is 2.18. The van der Waals surface area contributed by atoms with Crippen LogP contribution in [0, 0.1) is 0 Å². The van der Waals surface area contributed by atoms with E-state index in [4.69, 9.17) is 4.74 Å². The average molecular weight is 365 g/mol. The quantitative estimate of drug-likeness (QED) is 0.885. The maximum absolute atomic E-state index is 12.6. The van der Waals surface area contributed by atoms with Gasteiger partial charge in [0.25, 0.3) is 0 Å². The lowest BCUT2D eigenvalue weighted by Crippen LogP contribution is -2.37. The van der Waals surface area contributed by atoms with Crippen LogP contribution >= 0.6 is 0 Å². The maximum Gasteiger partial charge on any atom is 0.225 e. The van der Waals surface area contributed by atoms with E-state index < -0.39 is 0 Å². The predicted octanol–water partition coefficient (Wildman–Crippen LogP) is 2.91.